The van der Waals surface area contributed by atoms with Crippen LogP contribution in [-0.4, -0.2) is 17.1 Å². The number of hydrogen-bond donors (Lipinski definition) is 1. The van der Waals surface area contributed by atoms with Gasteiger partial charge in [0.25, 0.3) is 5.91 Å². The van der Waals surface area contributed by atoms with Gasteiger partial charge >= 0.3 is 0 Å². The van der Waals surface area contributed by atoms with Crippen molar-refractivity contribution in [2.75, 3.05) is 0 Å². The second kappa shape index (κ2) is 9.49. The molecule has 0 atom stereocenters. The van der Waals surface area contributed by atoms with Gasteiger partial charge in [-0.25, -0.2) is 14.8 Å². The Bertz CT molecular complexity index is 1260. The average Bonchev–Trinajstić information content (AvgIpc) is 2.80. The number of nitrogens with zero attached hydrogens (tertiary/aromatic N) is 2. The molecule has 0 radical (unpaired) electrons. The van der Waals surface area contributed by atoms with E-state index in [1.807, 2.05) is 42.5 Å². The average molecular weight is 478 g/mol. The van der Waals surface area contributed by atoms with Gasteiger partial charge in [-0.1, -0.05) is 52.3 Å². The molecule has 0 aliphatic rings. The lowest BCUT2D eigenvalue weighted by Gasteiger charge is -2.08. The Morgan fingerprint density at radius 2 is 1.87 bits per heavy atom. The van der Waals surface area contributed by atoms with E-state index in [1.165, 1.54) is 18.3 Å². The number of amides is 1. The van der Waals surface area contributed by atoms with Crippen molar-refractivity contribution in [3.63, 3.8) is 0 Å². The molecule has 31 heavy (non-hydrogen) atoms. The predicted molar refractivity (Wildman–Crippen MR) is 122 cm³/mol. The van der Waals surface area contributed by atoms with Crippen molar-refractivity contribution in [3.8, 4) is 5.75 Å². The van der Waals surface area contributed by atoms with Gasteiger partial charge in [-0.2, -0.15) is 5.10 Å². The summed E-state index contributed by atoms with van der Waals surface area (Å²) in [5.74, 6) is -0.0647. The maximum Gasteiger partial charge on any atom is 0.289 e. The van der Waals surface area contributed by atoms with E-state index in [1.54, 1.807) is 24.3 Å². The molecule has 0 unspecified atom stereocenters. The first-order valence-corrected chi connectivity index (χ1v) is 10.2. The van der Waals surface area contributed by atoms with E-state index < -0.39 is 5.91 Å². The molecule has 0 aliphatic heterocycles. The highest BCUT2D eigenvalue weighted by molar-refractivity contribution is 9.10. The topological polar surface area (TPSA) is 63.6 Å². The van der Waals surface area contributed by atoms with Crippen molar-refractivity contribution in [2.45, 2.75) is 6.61 Å². The van der Waals surface area contributed by atoms with Crippen LogP contribution in [0.2, 0.25) is 0 Å². The van der Waals surface area contributed by atoms with Crippen LogP contribution in [-0.2, 0) is 6.61 Å². The second-order valence-electron chi connectivity index (χ2n) is 6.69. The number of hydrogen-bond acceptors (Lipinski definition) is 4. The summed E-state index contributed by atoms with van der Waals surface area (Å²) >= 11 is 3.46. The highest BCUT2D eigenvalue weighted by atomic mass is 79.9. The van der Waals surface area contributed by atoms with Crippen LogP contribution in [0.5, 0.6) is 5.75 Å². The van der Waals surface area contributed by atoms with Gasteiger partial charge in [-0.15, -0.1) is 0 Å². The van der Waals surface area contributed by atoms with Gasteiger partial charge < -0.3 is 4.74 Å². The fraction of sp³-hybridized carbons (Fsp3) is 0.0417. The van der Waals surface area contributed by atoms with Crippen LogP contribution in [0.1, 0.15) is 21.6 Å². The third-order valence-corrected chi connectivity index (χ3v) is 5.21. The number of pyridine rings is 1. The van der Waals surface area contributed by atoms with Crippen molar-refractivity contribution in [3.05, 3.63) is 106 Å². The summed E-state index contributed by atoms with van der Waals surface area (Å²) in [5.41, 5.74) is 5.10. The van der Waals surface area contributed by atoms with Gasteiger partial charge in [0.05, 0.1) is 11.7 Å². The molecule has 0 spiro atoms. The molecule has 0 fully saturated rings. The summed E-state index contributed by atoms with van der Waals surface area (Å²) in [6.45, 7) is 0.308. The van der Waals surface area contributed by atoms with Gasteiger partial charge in [0.15, 0.2) is 0 Å². The van der Waals surface area contributed by atoms with Crippen LogP contribution in [0.3, 0.4) is 0 Å². The number of benzene rings is 3. The van der Waals surface area contributed by atoms with Gasteiger partial charge in [-0.3, -0.25) is 4.79 Å². The molecule has 7 heteroatoms. The zero-order valence-electron chi connectivity index (χ0n) is 16.3. The normalized spacial score (nSPS) is 11.0. The Morgan fingerprint density at radius 3 is 2.71 bits per heavy atom. The van der Waals surface area contributed by atoms with Crippen LogP contribution in [0.4, 0.5) is 4.39 Å². The standard InChI is InChI=1S/C24H17BrFN3O2/c25-21-11-10-20(31-15-16-5-8-19(26)9-6-16)13-18(21)14-27-29-24(30)23-12-7-17-3-1-2-4-22(17)28-23/h1-14H,15H2,(H,29,30)/b27-14-. The number of nitrogens with one attached hydrogen (secondary N) is 1. The Morgan fingerprint density at radius 1 is 1.06 bits per heavy atom. The van der Waals surface area contributed by atoms with E-state index in [-0.39, 0.29) is 11.5 Å². The van der Waals surface area contributed by atoms with E-state index >= 15 is 0 Å². The maximum atomic E-state index is 13.0. The Labute approximate surface area is 186 Å². The first-order chi connectivity index (χ1) is 15.1. The van der Waals surface area contributed by atoms with Gasteiger partial charge in [-0.05, 0) is 48.0 Å². The molecule has 5 nitrogen and oxygen atoms in total. The minimum Gasteiger partial charge on any atom is -0.489 e. The predicted octanol–water partition coefficient (Wildman–Crippen LogP) is 5.48. The maximum absolute atomic E-state index is 13.0. The van der Waals surface area contributed by atoms with Gasteiger partial charge in [0, 0.05) is 15.4 Å². The smallest absolute Gasteiger partial charge is 0.289 e. The molecule has 1 N–H and O–H groups in total. The van der Waals surface area contributed by atoms with Crippen LogP contribution in [0.15, 0.2) is 88.4 Å². The number of carbonyl (C=O) groups is 1. The molecule has 0 saturated carbocycles. The molecule has 1 amide bonds. The molecule has 1 aromatic heterocycles. The van der Waals surface area contributed by atoms with Crippen molar-refractivity contribution >= 4 is 39.0 Å². The summed E-state index contributed by atoms with van der Waals surface area (Å²) in [6, 6.07) is 22.6. The molecular weight excluding hydrogens is 461 g/mol. The van der Waals surface area contributed by atoms with E-state index in [2.05, 4.69) is 31.4 Å². The summed E-state index contributed by atoms with van der Waals surface area (Å²) < 4.78 is 19.6. The van der Waals surface area contributed by atoms with E-state index in [4.69, 9.17) is 4.74 Å². The number of carbonyl (C=O) groups excluding carboxylic acids is 1. The number of aromatic nitrogens is 1. The van der Waals surface area contributed by atoms with Crippen molar-refractivity contribution in [1.82, 2.24) is 10.4 Å². The van der Waals surface area contributed by atoms with Gasteiger partial charge in [0.2, 0.25) is 0 Å². The number of halogens is 2. The SMILES string of the molecule is O=C(N/N=C\c1cc(OCc2ccc(F)cc2)ccc1Br)c1ccc2ccccc2n1. The molecule has 4 aromatic rings. The third-order valence-electron chi connectivity index (χ3n) is 4.49. The lowest BCUT2D eigenvalue weighted by molar-refractivity contribution is 0.0950. The summed E-state index contributed by atoms with van der Waals surface area (Å²) in [7, 11) is 0. The zero-order chi connectivity index (χ0) is 21.6. The molecule has 0 bridgehead atoms. The number of fused-ring (bicyclic) bond motifs is 1. The highest BCUT2D eigenvalue weighted by Gasteiger charge is 2.07. The number of ether oxygens (including phenoxy) is 1. The van der Waals surface area contributed by atoms with E-state index in [0.29, 0.717) is 12.4 Å². The molecule has 3 aromatic carbocycles. The van der Waals surface area contributed by atoms with Crippen LogP contribution >= 0.6 is 15.9 Å². The number of hydrazone groups is 1. The van der Waals surface area contributed by atoms with Gasteiger partial charge in [0.1, 0.15) is 23.9 Å². The fourth-order valence-electron chi connectivity index (χ4n) is 2.87. The van der Waals surface area contributed by atoms with E-state index in [0.717, 1.165) is 26.5 Å². The van der Waals surface area contributed by atoms with Crippen molar-refractivity contribution in [2.24, 2.45) is 5.10 Å². The minimum absolute atomic E-state index is 0.284. The Balaban J connectivity index is 1.41. The molecule has 0 aliphatic carbocycles. The zero-order valence-corrected chi connectivity index (χ0v) is 17.8. The van der Waals surface area contributed by atoms with Crippen molar-refractivity contribution in [1.29, 1.82) is 0 Å². The quantitative estimate of drug-likeness (QED) is 0.295. The number of rotatable bonds is 6. The first-order valence-electron chi connectivity index (χ1n) is 9.44. The van der Waals surface area contributed by atoms with Crippen molar-refractivity contribution < 1.29 is 13.9 Å². The molecular formula is C24H17BrFN3O2. The molecule has 154 valence electrons. The first kappa shape index (κ1) is 20.7. The lowest BCUT2D eigenvalue weighted by Crippen LogP contribution is -2.19. The number of para-hydroxylation sites is 1. The van der Waals surface area contributed by atoms with Crippen LogP contribution in [0.25, 0.3) is 10.9 Å². The lowest BCUT2D eigenvalue weighted by atomic mass is 10.2. The van der Waals surface area contributed by atoms with E-state index in [9.17, 15) is 9.18 Å². The largest absolute Gasteiger partial charge is 0.489 e. The third kappa shape index (κ3) is 5.32. The van der Waals surface area contributed by atoms with Crippen LogP contribution < -0.4 is 10.2 Å². The summed E-state index contributed by atoms with van der Waals surface area (Å²) in [5, 5.41) is 5.00. The Hall–Kier alpha value is -3.58. The summed E-state index contributed by atoms with van der Waals surface area (Å²) in [6.07, 6.45) is 1.52. The molecule has 4 rings (SSSR count). The highest BCUT2D eigenvalue weighted by Crippen LogP contribution is 2.22. The minimum atomic E-state index is -0.401. The second-order valence-corrected chi connectivity index (χ2v) is 7.54. The fourth-order valence-corrected chi connectivity index (χ4v) is 3.22. The van der Waals surface area contributed by atoms with Crippen LogP contribution in [0, 0.1) is 5.82 Å². The molecule has 1 heterocycles. The molecule has 0 saturated heterocycles. The Kier molecular flexibility index (Phi) is 6.33. The summed E-state index contributed by atoms with van der Waals surface area (Å²) in [4.78, 5) is 16.7. The monoisotopic (exact) mass is 477 g/mol.